The first-order valence-electron chi connectivity index (χ1n) is 5.19. The molecule has 2 aromatic rings. The quantitative estimate of drug-likeness (QED) is 0.827. The average molecular weight is 284 g/mol. The van der Waals surface area contributed by atoms with Crippen LogP contribution in [-0.4, -0.2) is 11.0 Å². The first-order chi connectivity index (χ1) is 9.04. The maximum absolute atomic E-state index is 13.3. The number of nitrogens with one attached hydrogen (secondary N) is 2. The Morgan fingerprint density at radius 2 is 1.95 bits per heavy atom. The number of hydrogen-bond donors (Lipinski definition) is 2. The van der Waals surface area contributed by atoms with Crippen molar-refractivity contribution in [3.05, 3.63) is 53.3 Å². The SMILES string of the molecule is O=C(Nc1ccnc(Cl)c1)Nc1cc(F)ccc1F. The van der Waals surface area contributed by atoms with Crippen molar-refractivity contribution in [3.8, 4) is 0 Å². The number of amides is 2. The zero-order valence-electron chi connectivity index (χ0n) is 9.45. The lowest BCUT2D eigenvalue weighted by molar-refractivity contribution is 0.262. The monoisotopic (exact) mass is 283 g/mol. The number of urea groups is 1. The summed E-state index contributed by atoms with van der Waals surface area (Å²) in [6, 6.07) is 4.98. The number of carbonyl (C=O) groups is 1. The summed E-state index contributed by atoms with van der Waals surface area (Å²) < 4.78 is 26.2. The van der Waals surface area contributed by atoms with E-state index < -0.39 is 17.7 Å². The van der Waals surface area contributed by atoms with Gasteiger partial charge in [0.1, 0.15) is 16.8 Å². The summed E-state index contributed by atoms with van der Waals surface area (Å²) >= 11 is 5.64. The Balaban J connectivity index is 2.07. The lowest BCUT2D eigenvalue weighted by atomic mass is 10.3. The van der Waals surface area contributed by atoms with Crippen LogP contribution in [0.2, 0.25) is 5.15 Å². The third-order valence-electron chi connectivity index (χ3n) is 2.16. The third-order valence-corrected chi connectivity index (χ3v) is 2.37. The van der Waals surface area contributed by atoms with E-state index in [1.54, 1.807) is 0 Å². The van der Waals surface area contributed by atoms with Crippen LogP contribution in [0.5, 0.6) is 0 Å². The van der Waals surface area contributed by atoms with Crippen molar-refractivity contribution in [1.82, 2.24) is 4.98 Å². The van der Waals surface area contributed by atoms with Crippen molar-refractivity contribution in [1.29, 1.82) is 0 Å². The van der Waals surface area contributed by atoms with Gasteiger partial charge in [-0.3, -0.25) is 0 Å². The molecule has 0 radical (unpaired) electrons. The summed E-state index contributed by atoms with van der Waals surface area (Å²) in [5, 5.41) is 4.81. The summed E-state index contributed by atoms with van der Waals surface area (Å²) in [5.74, 6) is -1.38. The van der Waals surface area contributed by atoms with Crippen LogP contribution < -0.4 is 10.6 Å². The average Bonchev–Trinajstić information content (AvgIpc) is 2.34. The molecule has 19 heavy (non-hydrogen) atoms. The van der Waals surface area contributed by atoms with Gasteiger partial charge in [-0.15, -0.1) is 0 Å². The molecule has 0 fully saturated rings. The number of hydrogen-bond acceptors (Lipinski definition) is 2. The van der Waals surface area contributed by atoms with Crippen molar-refractivity contribution in [2.75, 3.05) is 10.6 Å². The highest BCUT2D eigenvalue weighted by molar-refractivity contribution is 6.29. The number of halogens is 3. The van der Waals surface area contributed by atoms with Gasteiger partial charge in [0.2, 0.25) is 0 Å². The van der Waals surface area contributed by atoms with E-state index in [2.05, 4.69) is 15.6 Å². The Labute approximate surface area is 112 Å². The van der Waals surface area contributed by atoms with Crippen molar-refractivity contribution in [2.24, 2.45) is 0 Å². The Hall–Kier alpha value is -2.21. The van der Waals surface area contributed by atoms with Crippen LogP contribution >= 0.6 is 11.6 Å². The van der Waals surface area contributed by atoms with E-state index in [4.69, 9.17) is 11.6 Å². The molecule has 0 bridgehead atoms. The fraction of sp³-hybridized carbons (Fsp3) is 0. The van der Waals surface area contributed by atoms with Gasteiger partial charge in [-0.05, 0) is 24.3 Å². The van der Waals surface area contributed by atoms with Crippen LogP contribution in [-0.2, 0) is 0 Å². The molecule has 1 heterocycles. The first kappa shape index (κ1) is 13.2. The van der Waals surface area contributed by atoms with Crippen molar-refractivity contribution in [3.63, 3.8) is 0 Å². The number of benzene rings is 1. The summed E-state index contributed by atoms with van der Waals surface area (Å²) in [7, 11) is 0. The molecule has 0 atom stereocenters. The molecule has 0 aliphatic heterocycles. The van der Waals surface area contributed by atoms with E-state index in [1.165, 1.54) is 18.3 Å². The summed E-state index contributed by atoms with van der Waals surface area (Å²) in [5.41, 5.74) is 0.131. The molecule has 4 nitrogen and oxygen atoms in total. The molecule has 0 aliphatic rings. The highest BCUT2D eigenvalue weighted by Gasteiger charge is 2.08. The zero-order chi connectivity index (χ0) is 13.8. The number of pyridine rings is 1. The number of aromatic nitrogens is 1. The molecule has 98 valence electrons. The van der Waals surface area contributed by atoms with Gasteiger partial charge in [-0.2, -0.15) is 0 Å². The van der Waals surface area contributed by atoms with Gasteiger partial charge in [-0.1, -0.05) is 11.6 Å². The summed E-state index contributed by atoms with van der Waals surface area (Å²) in [6.07, 6.45) is 1.40. The molecule has 1 aromatic heterocycles. The summed E-state index contributed by atoms with van der Waals surface area (Å²) in [6.45, 7) is 0. The van der Waals surface area contributed by atoms with Crippen molar-refractivity contribution in [2.45, 2.75) is 0 Å². The second kappa shape index (κ2) is 5.62. The maximum atomic E-state index is 13.3. The smallest absolute Gasteiger partial charge is 0.308 e. The van der Waals surface area contributed by atoms with Crippen LogP contribution in [0.25, 0.3) is 0 Å². The molecule has 0 spiro atoms. The van der Waals surface area contributed by atoms with Gasteiger partial charge in [0.15, 0.2) is 0 Å². The molecule has 2 N–H and O–H groups in total. The number of nitrogens with zero attached hydrogens (tertiary/aromatic N) is 1. The van der Waals surface area contributed by atoms with E-state index in [-0.39, 0.29) is 10.8 Å². The minimum Gasteiger partial charge on any atom is -0.308 e. The van der Waals surface area contributed by atoms with Crippen LogP contribution in [0.1, 0.15) is 0 Å². The molecule has 7 heteroatoms. The van der Waals surface area contributed by atoms with Crippen molar-refractivity contribution >= 4 is 29.0 Å². The Morgan fingerprint density at radius 1 is 1.16 bits per heavy atom. The Morgan fingerprint density at radius 3 is 2.68 bits per heavy atom. The fourth-order valence-electron chi connectivity index (χ4n) is 1.36. The Kier molecular flexibility index (Phi) is 3.91. The van der Waals surface area contributed by atoms with Gasteiger partial charge in [0, 0.05) is 18.0 Å². The van der Waals surface area contributed by atoms with Crippen LogP contribution in [0.4, 0.5) is 25.0 Å². The molecule has 0 saturated heterocycles. The van der Waals surface area contributed by atoms with E-state index in [9.17, 15) is 13.6 Å². The standard InChI is InChI=1S/C12H8ClF2N3O/c13-11-6-8(3-4-16-11)17-12(19)18-10-5-7(14)1-2-9(10)15/h1-6H,(H2,16,17,18,19). The molecular formula is C12H8ClF2N3O. The minimum atomic E-state index is -0.732. The van der Waals surface area contributed by atoms with E-state index in [0.717, 1.165) is 18.2 Å². The number of rotatable bonds is 2. The topological polar surface area (TPSA) is 54.0 Å². The normalized spacial score (nSPS) is 10.1. The predicted octanol–water partition coefficient (Wildman–Crippen LogP) is 3.66. The highest BCUT2D eigenvalue weighted by Crippen LogP contribution is 2.16. The number of carbonyl (C=O) groups excluding carboxylic acids is 1. The fourth-order valence-corrected chi connectivity index (χ4v) is 1.53. The van der Waals surface area contributed by atoms with Crippen LogP contribution in [0.15, 0.2) is 36.5 Å². The predicted molar refractivity (Wildman–Crippen MR) is 68.2 cm³/mol. The largest absolute Gasteiger partial charge is 0.323 e. The second-order valence-electron chi connectivity index (χ2n) is 3.57. The van der Waals surface area contributed by atoms with E-state index in [1.807, 2.05) is 0 Å². The highest BCUT2D eigenvalue weighted by atomic mass is 35.5. The summed E-state index contributed by atoms with van der Waals surface area (Å²) in [4.78, 5) is 15.3. The molecule has 2 rings (SSSR count). The maximum Gasteiger partial charge on any atom is 0.323 e. The lowest BCUT2D eigenvalue weighted by Crippen LogP contribution is -2.20. The van der Waals surface area contributed by atoms with Gasteiger partial charge in [0.05, 0.1) is 5.69 Å². The Bertz CT molecular complexity index is 622. The van der Waals surface area contributed by atoms with Gasteiger partial charge in [-0.25, -0.2) is 18.6 Å². The first-order valence-corrected chi connectivity index (χ1v) is 5.57. The molecule has 1 aromatic carbocycles. The van der Waals surface area contributed by atoms with Gasteiger partial charge in [0.25, 0.3) is 0 Å². The number of anilines is 2. The molecule has 2 amide bonds. The molecule has 0 aliphatic carbocycles. The minimum absolute atomic E-state index is 0.203. The van der Waals surface area contributed by atoms with Gasteiger partial charge >= 0.3 is 6.03 Å². The third kappa shape index (κ3) is 3.62. The van der Waals surface area contributed by atoms with Gasteiger partial charge < -0.3 is 10.6 Å². The van der Waals surface area contributed by atoms with E-state index >= 15 is 0 Å². The molecule has 0 unspecified atom stereocenters. The van der Waals surface area contributed by atoms with Crippen molar-refractivity contribution < 1.29 is 13.6 Å². The molecular weight excluding hydrogens is 276 g/mol. The zero-order valence-corrected chi connectivity index (χ0v) is 10.2. The van der Waals surface area contributed by atoms with Crippen LogP contribution in [0.3, 0.4) is 0 Å². The van der Waals surface area contributed by atoms with Crippen LogP contribution in [0, 0.1) is 11.6 Å². The second-order valence-corrected chi connectivity index (χ2v) is 3.96. The van der Waals surface area contributed by atoms with E-state index in [0.29, 0.717) is 5.69 Å². The lowest BCUT2D eigenvalue weighted by Gasteiger charge is -2.08. The molecule has 0 saturated carbocycles.